The Labute approximate surface area is 45.0 Å². The maximum Gasteiger partial charge on any atom is 0.244 e. The van der Waals surface area contributed by atoms with Gasteiger partial charge in [-0.3, -0.25) is 0 Å². The van der Waals surface area contributed by atoms with E-state index in [1.54, 1.807) is 6.69 Å². The Morgan fingerprint density at radius 3 is 1.50 bits per heavy atom. The summed E-state index contributed by atoms with van der Waals surface area (Å²) in [7, 11) is 0. The van der Waals surface area contributed by atoms with E-state index in [0.29, 0.717) is 0 Å². The van der Waals surface area contributed by atoms with Gasteiger partial charge in [0, 0.05) is 0 Å². The van der Waals surface area contributed by atoms with Gasteiger partial charge in [-0.2, -0.15) is 0 Å². The Kier molecular flexibility index (Phi) is 1.99. The minimum absolute atomic E-state index is 0.182. The molecule has 0 rings (SSSR count). The lowest BCUT2D eigenvalue weighted by molar-refractivity contribution is 0.763. The first-order valence-electron chi connectivity index (χ1n) is 2.01. The summed E-state index contributed by atoms with van der Waals surface area (Å²) >= 11 is 5.35. The summed E-state index contributed by atoms with van der Waals surface area (Å²) in [6, 6.07) is 0. The van der Waals surface area contributed by atoms with Crippen LogP contribution in [-0.2, 0) is 0 Å². The van der Waals surface area contributed by atoms with Crippen LogP contribution in [0.3, 0.4) is 0 Å². The van der Waals surface area contributed by atoms with Crippen LogP contribution in [0.4, 0.5) is 0 Å². The lowest BCUT2D eigenvalue weighted by Gasteiger charge is -2.09. The zero-order valence-corrected chi connectivity index (χ0v) is 5.21. The summed E-state index contributed by atoms with van der Waals surface area (Å²) in [6.07, 6.45) is 0. The second kappa shape index (κ2) is 1.88. The highest BCUT2D eigenvalue weighted by Crippen LogP contribution is 2.20. The van der Waals surface area contributed by atoms with Crippen molar-refractivity contribution in [3.8, 4) is 0 Å². The summed E-state index contributed by atoms with van der Waals surface area (Å²) in [5, 5.41) is 0.182. The SMILES string of the molecule is CC(C)(C)[B]Cl. The minimum Gasteiger partial charge on any atom is -0.203 e. The maximum atomic E-state index is 5.35. The summed E-state index contributed by atoms with van der Waals surface area (Å²) in [6.45, 7) is 7.83. The molecule has 0 heterocycles. The Bertz CT molecular complexity index is 37.3. The molecule has 0 aliphatic rings. The molecular formula is C4H9BCl. The molecule has 2 heteroatoms. The first-order chi connectivity index (χ1) is 2.56. The fourth-order valence-electron chi connectivity index (χ4n) is 0. The number of hydrogen-bond acceptors (Lipinski definition) is 0. The molecule has 0 aromatic rings. The smallest absolute Gasteiger partial charge is 0.203 e. The lowest BCUT2D eigenvalue weighted by atomic mass is 9.73. The predicted octanol–water partition coefficient (Wildman–Crippen LogP) is 2.06. The molecule has 35 valence electrons. The van der Waals surface area contributed by atoms with E-state index >= 15 is 0 Å². The van der Waals surface area contributed by atoms with Gasteiger partial charge in [-0.1, -0.05) is 20.8 Å². The van der Waals surface area contributed by atoms with Crippen LogP contribution in [0.25, 0.3) is 0 Å². The molecule has 0 aliphatic carbocycles. The van der Waals surface area contributed by atoms with Gasteiger partial charge >= 0.3 is 0 Å². The third-order valence-corrected chi connectivity index (χ3v) is 0.982. The van der Waals surface area contributed by atoms with E-state index in [4.69, 9.17) is 11.5 Å². The van der Waals surface area contributed by atoms with Crippen LogP contribution >= 0.6 is 11.5 Å². The van der Waals surface area contributed by atoms with Gasteiger partial charge in [0.2, 0.25) is 6.69 Å². The molecule has 0 unspecified atom stereocenters. The van der Waals surface area contributed by atoms with Crippen molar-refractivity contribution in [2.45, 2.75) is 26.1 Å². The largest absolute Gasteiger partial charge is 0.244 e. The van der Waals surface area contributed by atoms with E-state index in [1.165, 1.54) is 0 Å². The monoisotopic (exact) mass is 103 g/mol. The van der Waals surface area contributed by atoms with Crippen LogP contribution in [0, 0.1) is 0 Å². The Hall–Kier alpha value is 0.355. The molecule has 0 aromatic heterocycles. The van der Waals surface area contributed by atoms with Crippen molar-refractivity contribution in [3.63, 3.8) is 0 Å². The Morgan fingerprint density at radius 1 is 1.33 bits per heavy atom. The molecule has 0 N–H and O–H groups in total. The van der Waals surface area contributed by atoms with Gasteiger partial charge in [0.15, 0.2) is 0 Å². The third-order valence-electron chi connectivity index (χ3n) is 0.327. The van der Waals surface area contributed by atoms with E-state index < -0.39 is 0 Å². The molecule has 6 heavy (non-hydrogen) atoms. The Balaban J connectivity index is 3.17. The van der Waals surface area contributed by atoms with E-state index in [2.05, 4.69) is 20.8 Å². The van der Waals surface area contributed by atoms with Crippen molar-refractivity contribution < 1.29 is 0 Å². The van der Waals surface area contributed by atoms with Crippen LogP contribution in [-0.4, -0.2) is 6.69 Å². The maximum absolute atomic E-state index is 5.35. The molecule has 0 saturated heterocycles. The molecule has 0 bridgehead atoms. The molecule has 0 aliphatic heterocycles. The van der Waals surface area contributed by atoms with E-state index in [-0.39, 0.29) is 5.31 Å². The fourth-order valence-corrected chi connectivity index (χ4v) is 0. The van der Waals surface area contributed by atoms with Gasteiger partial charge in [-0.15, -0.1) is 0 Å². The topological polar surface area (TPSA) is 0 Å². The van der Waals surface area contributed by atoms with Crippen molar-refractivity contribution in [2.24, 2.45) is 0 Å². The highest BCUT2D eigenvalue weighted by molar-refractivity contribution is 6.95. The van der Waals surface area contributed by atoms with Crippen LogP contribution in [0.2, 0.25) is 5.31 Å². The molecule has 0 saturated carbocycles. The van der Waals surface area contributed by atoms with E-state index in [0.717, 1.165) is 0 Å². The van der Waals surface area contributed by atoms with Gasteiger partial charge in [0.25, 0.3) is 0 Å². The van der Waals surface area contributed by atoms with Crippen molar-refractivity contribution in [1.82, 2.24) is 0 Å². The molecule has 0 aromatic carbocycles. The number of hydrogen-bond donors (Lipinski definition) is 0. The highest BCUT2D eigenvalue weighted by atomic mass is 35.5. The van der Waals surface area contributed by atoms with E-state index in [1.807, 2.05) is 0 Å². The van der Waals surface area contributed by atoms with Crippen LogP contribution in [0.1, 0.15) is 20.8 Å². The first kappa shape index (κ1) is 6.35. The van der Waals surface area contributed by atoms with Crippen LogP contribution in [0.15, 0.2) is 0 Å². The molecule has 0 amide bonds. The van der Waals surface area contributed by atoms with Gasteiger partial charge < -0.3 is 0 Å². The second-order valence-electron chi connectivity index (χ2n) is 2.48. The molecule has 1 radical (unpaired) electrons. The number of halogens is 1. The minimum atomic E-state index is 0.182. The van der Waals surface area contributed by atoms with E-state index in [9.17, 15) is 0 Å². The Morgan fingerprint density at radius 2 is 1.50 bits per heavy atom. The average Bonchev–Trinajstić information content (AvgIpc) is 1.35. The summed E-state index contributed by atoms with van der Waals surface area (Å²) in [4.78, 5) is 0. The van der Waals surface area contributed by atoms with Crippen LogP contribution in [0.5, 0.6) is 0 Å². The summed E-state index contributed by atoms with van der Waals surface area (Å²) in [5.41, 5.74) is 0. The van der Waals surface area contributed by atoms with Gasteiger partial charge in [-0.25, -0.2) is 11.5 Å². The molecule has 0 nitrogen and oxygen atoms in total. The standard InChI is InChI=1S/C4H9BCl/c1-4(2,3)5-6/h1-3H3. The van der Waals surface area contributed by atoms with Gasteiger partial charge in [0.05, 0.1) is 0 Å². The van der Waals surface area contributed by atoms with Gasteiger partial charge in [0.1, 0.15) is 0 Å². The lowest BCUT2D eigenvalue weighted by Crippen LogP contribution is -1.99. The van der Waals surface area contributed by atoms with Crippen molar-refractivity contribution >= 4 is 18.2 Å². The van der Waals surface area contributed by atoms with Crippen molar-refractivity contribution in [1.29, 1.82) is 0 Å². The van der Waals surface area contributed by atoms with Crippen molar-refractivity contribution in [3.05, 3.63) is 0 Å². The van der Waals surface area contributed by atoms with Crippen LogP contribution < -0.4 is 0 Å². The third kappa shape index (κ3) is 4.35. The molecule has 0 spiro atoms. The second-order valence-corrected chi connectivity index (χ2v) is 2.69. The zero-order chi connectivity index (χ0) is 5.21. The summed E-state index contributed by atoms with van der Waals surface area (Å²) < 4.78 is 0. The summed E-state index contributed by atoms with van der Waals surface area (Å²) in [5.74, 6) is 0. The predicted molar refractivity (Wildman–Crippen MR) is 31.3 cm³/mol. The van der Waals surface area contributed by atoms with Gasteiger partial charge in [-0.05, 0) is 5.31 Å². The quantitative estimate of drug-likeness (QED) is 0.412. The molecular weight excluding hydrogens is 94.3 g/mol. The number of rotatable bonds is 0. The average molecular weight is 103 g/mol. The fraction of sp³-hybridized carbons (Fsp3) is 1.00. The molecule has 0 fully saturated rings. The molecule has 0 atom stereocenters. The van der Waals surface area contributed by atoms with Crippen molar-refractivity contribution in [2.75, 3.05) is 0 Å². The first-order valence-corrected chi connectivity index (χ1v) is 2.44. The highest BCUT2D eigenvalue weighted by Gasteiger charge is 2.08. The zero-order valence-electron chi connectivity index (χ0n) is 4.46. The normalized spacial score (nSPS) is 11.3.